The number of rotatable bonds is 4. The molecule has 0 atom stereocenters. The molecule has 0 bridgehead atoms. The Morgan fingerprint density at radius 3 is 2.11 bits per heavy atom. The van der Waals surface area contributed by atoms with Gasteiger partial charge >= 0.3 is 0 Å². The molecule has 1 aromatic carbocycles. The molecular weight excluding hydrogens is 250 g/mol. The van der Waals surface area contributed by atoms with E-state index >= 15 is 0 Å². The average molecular weight is 267 g/mol. The first-order valence-corrected chi connectivity index (χ1v) is 5.69. The molecule has 0 aromatic heterocycles. The third-order valence-corrected chi connectivity index (χ3v) is 1.97. The lowest BCUT2D eigenvalue weighted by Gasteiger charge is -2.03. The summed E-state index contributed by atoms with van der Waals surface area (Å²) in [6.45, 7) is 4.00. The summed E-state index contributed by atoms with van der Waals surface area (Å²) >= 11 is 0. The highest BCUT2D eigenvalue weighted by Gasteiger charge is 2.17. The molecule has 1 aromatic rings. The molecule has 0 aliphatic rings. The SMILES string of the molecule is CC.CN(C)/C=C/c1ccc([N+](=O)[O-])cc1[N+](=O)[O-]. The highest BCUT2D eigenvalue weighted by atomic mass is 16.6. The number of nitrogens with zero attached hydrogens (tertiary/aromatic N) is 3. The van der Waals surface area contributed by atoms with Crippen LogP contribution in [0.15, 0.2) is 24.4 Å². The van der Waals surface area contributed by atoms with Gasteiger partial charge in [-0.25, -0.2) is 0 Å². The third kappa shape index (κ3) is 5.15. The number of benzene rings is 1. The van der Waals surface area contributed by atoms with Gasteiger partial charge in [-0.3, -0.25) is 20.2 Å². The van der Waals surface area contributed by atoms with Gasteiger partial charge in [-0.2, -0.15) is 0 Å². The molecule has 0 aliphatic carbocycles. The third-order valence-electron chi connectivity index (χ3n) is 1.97. The Balaban J connectivity index is 0.00000154. The van der Waals surface area contributed by atoms with Crippen LogP contribution in [-0.4, -0.2) is 28.8 Å². The van der Waals surface area contributed by atoms with Gasteiger partial charge in [0, 0.05) is 20.2 Å². The standard InChI is InChI=1S/C10H11N3O4.C2H6/c1-11(2)6-5-8-3-4-9(12(14)15)7-10(8)13(16)17;1-2/h3-7H,1-2H3;1-2H3/b6-5+;. The van der Waals surface area contributed by atoms with Crippen molar-refractivity contribution in [3.05, 3.63) is 50.2 Å². The van der Waals surface area contributed by atoms with Gasteiger partial charge in [-0.1, -0.05) is 13.8 Å². The van der Waals surface area contributed by atoms with E-state index in [1.54, 1.807) is 25.2 Å². The second-order valence-corrected chi connectivity index (χ2v) is 3.54. The van der Waals surface area contributed by atoms with E-state index in [0.717, 1.165) is 6.07 Å². The van der Waals surface area contributed by atoms with E-state index in [4.69, 9.17) is 0 Å². The van der Waals surface area contributed by atoms with Gasteiger partial charge < -0.3 is 4.90 Å². The predicted octanol–water partition coefficient (Wildman–Crippen LogP) is 3.06. The normalized spacial score (nSPS) is 9.68. The van der Waals surface area contributed by atoms with Crippen LogP contribution in [-0.2, 0) is 0 Å². The first-order valence-electron chi connectivity index (χ1n) is 5.69. The van der Waals surface area contributed by atoms with Crippen molar-refractivity contribution >= 4 is 17.5 Å². The van der Waals surface area contributed by atoms with Crippen molar-refractivity contribution in [3.8, 4) is 0 Å². The Hall–Kier alpha value is -2.44. The maximum atomic E-state index is 10.8. The first-order chi connectivity index (χ1) is 8.91. The maximum Gasteiger partial charge on any atom is 0.283 e. The quantitative estimate of drug-likeness (QED) is 0.617. The minimum Gasteiger partial charge on any atom is -0.383 e. The van der Waals surface area contributed by atoms with Crippen molar-refractivity contribution < 1.29 is 9.85 Å². The maximum absolute atomic E-state index is 10.8. The van der Waals surface area contributed by atoms with Gasteiger partial charge in [-0.15, -0.1) is 0 Å². The van der Waals surface area contributed by atoms with E-state index in [1.807, 2.05) is 13.8 Å². The topological polar surface area (TPSA) is 89.5 Å². The van der Waals surface area contributed by atoms with Gasteiger partial charge in [0.2, 0.25) is 0 Å². The van der Waals surface area contributed by atoms with Gasteiger partial charge in [0.25, 0.3) is 11.4 Å². The molecule has 0 N–H and O–H groups in total. The summed E-state index contributed by atoms with van der Waals surface area (Å²) in [5, 5.41) is 21.3. The van der Waals surface area contributed by atoms with Gasteiger partial charge in [-0.05, 0) is 18.3 Å². The van der Waals surface area contributed by atoms with Crippen molar-refractivity contribution in [2.75, 3.05) is 14.1 Å². The van der Waals surface area contributed by atoms with E-state index in [-0.39, 0.29) is 11.4 Å². The Morgan fingerprint density at radius 2 is 1.68 bits per heavy atom. The summed E-state index contributed by atoms with van der Waals surface area (Å²) in [5.74, 6) is 0. The smallest absolute Gasteiger partial charge is 0.283 e. The largest absolute Gasteiger partial charge is 0.383 e. The number of nitro benzene ring substituents is 2. The number of nitro groups is 2. The first kappa shape index (κ1) is 16.6. The summed E-state index contributed by atoms with van der Waals surface area (Å²) in [4.78, 5) is 21.7. The molecule has 19 heavy (non-hydrogen) atoms. The molecule has 0 amide bonds. The Labute approximate surface area is 111 Å². The Morgan fingerprint density at radius 1 is 1.11 bits per heavy atom. The molecule has 0 radical (unpaired) electrons. The molecule has 104 valence electrons. The van der Waals surface area contributed by atoms with E-state index in [1.165, 1.54) is 18.2 Å². The predicted molar refractivity (Wildman–Crippen MR) is 73.8 cm³/mol. The van der Waals surface area contributed by atoms with Crippen molar-refractivity contribution in [3.63, 3.8) is 0 Å². The van der Waals surface area contributed by atoms with Crippen LogP contribution < -0.4 is 0 Å². The molecule has 0 heterocycles. The number of hydrogen-bond donors (Lipinski definition) is 0. The van der Waals surface area contributed by atoms with E-state index in [2.05, 4.69) is 0 Å². The monoisotopic (exact) mass is 267 g/mol. The molecule has 0 saturated carbocycles. The van der Waals surface area contributed by atoms with E-state index < -0.39 is 9.85 Å². The van der Waals surface area contributed by atoms with Crippen molar-refractivity contribution in [1.82, 2.24) is 4.90 Å². The Kier molecular flexibility index (Phi) is 6.80. The van der Waals surface area contributed by atoms with Crippen molar-refractivity contribution in [2.45, 2.75) is 13.8 Å². The Bertz CT molecular complexity index is 484. The molecule has 0 unspecified atom stereocenters. The lowest BCUT2D eigenvalue weighted by molar-refractivity contribution is -0.394. The van der Waals surface area contributed by atoms with Crippen LogP contribution in [0.25, 0.3) is 6.08 Å². The zero-order chi connectivity index (χ0) is 15.0. The molecule has 1 rings (SSSR count). The molecule has 7 nitrogen and oxygen atoms in total. The van der Waals surface area contributed by atoms with Crippen LogP contribution in [0.5, 0.6) is 0 Å². The fraction of sp³-hybridized carbons (Fsp3) is 0.333. The molecule has 0 spiro atoms. The van der Waals surface area contributed by atoms with Gasteiger partial charge in [0.1, 0.15) is 0 Å². The summed E-state index contributed by atoms with van der Waals surface area (Å²) in [5.41, 5.74) is -0.245. The van der Waals surface area contributed by atoms with Crippen LogP contribution in [0.4, 0.5) is 11.4 Å². The zero-order valence-corrected chi connectivity index (χ0v) is 11.4. The summed E-state index contributed by atoms with van der Waals surface area (Å²) in [6, 6.07) is 3.55. The van der Waals surface area contributed by atoms with E-state index in [0.29, 0.717) is 5.56 Å². The molecular formula is C12H17N3O4. The van der Waals surface area contributed by atoms with Crippen LogP contribution in [0, 0.1) is 20.2 Å². The zero-order valence-electron chi connectivity index (χ0n) is 11.4. The summed E-state index contributed by atoms with van der Waals surface area (Å²) in [6.07, 6.45) is 3.16. The minimum atomic E-state index is -0.660. The highest BCUT2D eigenvalue weighted by Crippen LogP contribution is 2.25. The fourth-order valence-electron chi connectivity index (χ4n) is 1.17. The molecule has 0 aliphatic heterocycles. The number of non-ortho nitro benzene ring substituents is 1. The summed E-state index contributed by atoms with van der Waals surface area (Å²) < 4.78 is 0. The van der Waals surface area contributed by atoms with Gasteiger partial charge in [0.15, 0.2) is 0 Å². The second-order valence-electron chi connectivity index (χ2n) is 3.54. The molecule has 0 fully saturated rings. The number of hydrogen-bond acceptors (Lipinski definition) is 5. The molecule has 0 saturated heterocycles. The van der Waals surface area contributed by atoms with Crippen LogP contribution in [0.1, 0.15) is 19.4 Å². The second kappa shape index (κ2) is 7.80. The lowest BCUT2D eigenvalue weighted by Crippen LogP contribution is -2.00. The van der Waals surface area contributed by atoms with Crippen LogP contribution >= 0.6 is 0 Å². The lowest BCUT2D eigenvalue weighted by atomic mass is 10.1. The van der Waals surface area contributed by atoms with Crippen molar-refractivity contribution in [1.29, 1.82) is 0 Å². The fourth-order valence-corrected chi connectivity index (χ4v) is 1.17. The van der Waals surface area contributed by atoms with Crippen LogP contribution in [0.2, 0.25) is 0 Å². The van der Waals surface area contributed by atoms with E-state index in [9.17, 15) is 20.2 Å². The molecule has 7 heteroatoms. The minimum absolute atomic E-state index is 0.280. The van der Waals surface area contributed by atoms with Crippen LogP contribution in [0.3, 0.4) is 0 Å². The average Bonchev–Trinajstić information content (AvgIpc) is 2.38. The highest BCUT2D eigenvalue weighted by molar-refractivity contribution is 5.63. The van der Waals surface area contributed by atoms with Crippen molar-refractivity contribution in [2.24, 2.45) is 0 Å². The van der Waals surface area contributed by atoms with Gasteiger partial charge in [0.05, 0.1) is 21.5 Å². The summed E-state index contributed by atoms with van der Waals surface area (Å²) in [7, 11) is 3.54.